The number of hydrogen-bond acceptors (Lipinski definition) is 5. The summed E-state index contributed by atoms with van der Waals surface area (Å²) in [5, 5.41) is 2.04. The fourth-order valence-electron chi connectivity index (χ4n) is 3.67. The minimum Gasteiger partial charge on any atom is -0.492 e. The first-order chi connectivity index (χ1) is 14.2. The van der Waals surface area contributed by atoms with E-state index in [1.165, 1.54) is 0 Å². The Morgan fingerprint density at radius 2 is 1.86 bits per heavy atom. The fourth-order valence-corrected chi connectivity index (χ4v) is 4.36. The van der Waals surface area contributed by atoms with Crippen LogP contribution in [0.15, 0.2) is 53.9 Å². The van der Waals surface area contributed by atoms with Gasteiger partial charge < -0.3 is 14.5 Å². The number of carbonyl (C=O) groups excluding carboxylic acids is 1. The highest BCUT2D eigenvalue weighted by molar-refractivity contribution is 7.13. The molecule has 0 unspecified atom stereocenters. The number of pyridine rings is 1. The minimum atomic E-state index is 0.0606. The van der Waals surface area contributed by atoms with Crippen molar-refractivity contribution < 1.29 is 9.53 Å². The third-order valence-corrected chi connectivity index (χ3v) is 6.05. The van der Waals surface area contributed by atoms with E-state index in [-0.39, 0.29) is 5.91 Å². The van der Waals surface area contributed by atoms with Crippen LogP contribution in [-0.2, 0) is 0 Å². The van der Waals surface area contributed by atoms with E-state index in [1.54, 1.807) is 11.3 Å². The Hall–Kier alpha value is -2.86. The lowest BCUT2D eigenvalue weighted by atomic mass is 10.1. The molecule has 0 aliphatic carbocycles. The number of hydrogen-bond donors (Lipinski definition) is 0. The molecule has 2 aromatic heterocycles. The number of benzene rings is 1. The Labute approximate surface area is 175 Å². The highest BCUT2D eigenvalue weighted by atomic mass is 32.1. The predicted molar refractivity (Wildman–Crippen MR) is 118 cm³/mol. The van der Waals surface area contributed by atoms with Gasteiger partial charge in [0, 0.05) is 26.2 Å². The van der Waals surface area contributed by atoms with Gasteiger partial charge in [-0.2, -0.15) is 0 Å². The molecule has 4 rings (SSSR count). The van der Waals surface area contributed by atoms with Crippen LogP contribution in [0.25, 0.3) is 10.6 Å². The molecule has 5 nitrogen and oxygen atoms in total. The van der Waals surface area contributed by atoms with E-state index in [0.29, 0.717) is 25.3 Å². The van der Waals surface area contributed by atoms with Gasteiger partial charge in [0.2, 0.25) is 0 Å². The second-order valence-electron chi connectivity index (χ2n) is 6.99. The molecule has 150 valence electrons. The van der Waals surface area contributed by atoms with Gasteiger partial charge in [0.15, 0.2) is 0 Å². The minimum absolute atomic E-state index is 0.0606. The number of amides is 1. The zero-order valence-corrected chi connectivity index (χ0v) is 17.6. The summed E-state index contributed by atoms with van der Waals surface area (Å²) in [6.07, 6.45) is 0. The first kappa shape index (κ1) is 19.5. The molecule has 1 fully saturated rings. The molecular formula is C23H25N3O2S. The molecule has 0 saturated carbocycles. The summed E-state index contributed by atoms with van der Waals surface area (Å²) in [6, 6.07) is 16.0. The first-order valence-corrected chi connectivity index (χ1v) is 10.8. The second-order valence-corrected chi connectivity index (χ2v) is 7.93. The van der Waals surface area contributed by atoms with E-state index in [1.807, 2.05) is 66.6 Å². The lowest BCUT2D eigenvalue weighted by molar-refractivity contribution is 0.0745. The van der Waals surface area contributed by atoms with Crippen LogP contribution in [0, 0.1) is 6.92 Å². The average Bonchev–Trinajstić information content (AvgIpc) is 3.29. The van der Waals surface area contributed by atoms with Gasteiger partial charge in [-0.25, -0.2) is 0 Å². The number of ether oxygens (including phenoxy) is 1. The van der Waals surface area contributed by atoms with Crippen molar-refractivity contribution in [3.8, 4) is 16.3 Å². The lowest BCUT2D eigenvalue weighted by Crippen LogP contribution is -2.49. The quantitative estimate of drug-likeness (QED) is 0.626. The topological polar surface area (TPSA) is 45.7 Å². The molecule has 0 bridgehead atoms. The molecule has 6 heteroatoms. The van der Waals surface area contributed by atoms with Gasteiger partial charge in [-0.1, -0.05) is 18.2 Å². The average molecular weight is 408 g/mol. The van der Waals surface area contributed by atoms with Crippen LogP contribution in [0.4, 0.5) is 5.69 Å². The summed E-state index contributed by atoms with van der Waals surface area (Å²) in [5.41, 5.74) is 3.49. The van der Waals surface area contributed by atoms with Crippen molar-refractivity contribution in [1.82, 2.24) is 9.88 Å². The summed E-state index contributed by atoms with van der Waals surface area (Å²) < 4.78 is 5.76. The van der Waals surface area contributed by atoms with E-state index in [9.17, 15) is 4.79 Å². The standard InChI is InChI=1S/C23H25N3O2S/c1-3-28-21-8-5-4-7-20(21)25-12-14-26(15-13-25)23(27)18-10-11-19(24-17(18)2)22-9-6-16-29-22/h4-11,16H,3,12-15H2,1-2H3. The maximum absolute atomic E-state index is 13.1. The van der Waals surface area contributed by atoms with Crippen LogP contribution in [0.5, 0.6) is 5.75 Å². The third kappa shape index (κ3) is 4.12. The molecule has 3 aromatic rings. The van der Waals surface area contributed by atoms with Crippen LogP contribution in [0.2, 0.25) is 0 Å². The number of nitrogens with zero attached hydrogens (tertiary/aromatic N) is 3. The summed E-state index contributed by atoms with van der Waals surface area (Å²) >= 11 is 1.66. The number of aromatic nitrogens is 1. The predicted octanol–water partition coefficient (Wildman–Crippen LogP) is 4.48. The molecule has 29 heavy (non-hydrogen) atoms. The van der Waals surface area contributed by atoms with Crippen molar-refractivity contribution in [2.24, 2.45) is 0 Å². The summed E-state index contributed by atoms with van der Waals surface area (Å²) in [6.45, 7) is 7.50. The highest BCUT2D eigenvalue weighted by Crippen LogP contribution is 2.29. The molecule has 0 atom stereocenters. The fraction of sp³-hybridized carbons (Fsp3) is 0.304. The number of piperazine rings is 1. The maximum atomic E-state index is 13.1. The first-order valence-electron chi connectivity index (χ1n) is 9.95. The SMILES string of the molecule is CCOc1ccccc1N1CCN(C(=O)c2ccc(-c3cccs3)nc2C)CC1. The molecule has 0 N–H and O–H groups in total. The van der Waals surface area contributed by atoms with Crippen LogP contribution in [0.3, 0.4) is 0 Å². The molecule has 3 heterocycles. The Morgan fingerprint density at radius 3 is 2.55 bits per heavy atom. The van der Waals surface area contributed by atoms with Gasteiger partial charge in [-0.05, 0) is 49.6 Å². The summed E-state index contributed by atoms with van der Waals surface area (Å²) in [5.74, 6) is 0.962. The van der Waals surface area contributed by atoms with Crippen LogP contribution in [-0.4, -0.2) is 48.6 Å². The molecule has 1 aliphatic rings. The smallest absolute Gasteiger partial charge is 0.255 e. The Balaban J connectivity index is 1.44. The number of thiophene rings is 1. The summed E-state index contributed by atoms with van der Waals surface area (Å²) in [4.78, 5) is 23.1. The van der Waals surface area contributed by atoms with Gasteiger partial charge in [0.25, 0.3) is 5.91 Å². The second kappa shape index (κ2) is 8.66. The normalized spacial score (nSPS) is 14.1. The number of carbonyl (C=O) groups is 1. The van der Waals surface area contributed by atoms with Gasteiger partial charge in [0.1, 0.15) is 5.75 Å². The zero-order valence-electron chi connectivity index (χ0n) is 16.8. The Bertz CT molecular complexity index is 980. The van der Waals surface area contributed by atoms with Crippen molar-refractivity contribution in [3.05, 3.63) is 65.2 Å². The van der Waals surface area contributed by atoms with Gasteiger partial charge >= 0.3 is 0 Å². The van der Waals surface area contributed by atoms with Crippen molar-refractivity contribution >= 4 is 22.9 Å². The molecular weight excluding hydrogens is 382 g/mol. The molecule has 1 aliphatic heterocycles. The molecule has 1 saturated heterocycles. The number of aryl methyl sites for hydroxylation is 1. The van der Waals surface area contributed by atoms with E-state index in [0.717, 1.165) is 40.8 Å². The maximum Gasteiger partial charge on any atom is 0.255 e. The molecule has 1 aromatic carbocycles. The lowest BCUT2D eigenvalue weighted by Gasteiger charge is -2.36. The van der Waals surface area contributed by atoms with Gasteiger partial charge in [-0.15, -0.1) is 11.3 Å². The monoisotopic (exact) mass is 407 g/mol. The van der Waals surface area contributed by atoms with E-state index in [4.69, 9.17) is 4.74 Å². The molecule has 0 radical (unpaired) electrons. The van der Waals surface area contributed by atoms with Crippen molar-refractivity contribution in [2.45, 2.75) is 13.8 Å². The van der Waals surface area contributed by atoms with Gasteiger partial charge in [0.05, 0.1) is 34.1 Å². The zero-order chi connectivity index (χ0) is 20.2. The van der Waals surface area contributed by atoms with E-state index in [2.05, 4.69) is 16.0 Å². The van der Waals surface area contributed by atoms with Crippen molar-refractivity contribution in [1.29, 1.82) is 0 Å². The van der Waals surface area contributed by atoms with Crippen LogP contribution < -0.4 is 9.64 Å². The van der Waals surface area contributed by atoms with E-state index < -0.39 is 0 Å². The summed E-state index contributed by atoms with van der Waals surface area (Å²) in [7, 11) is 0. The Morgan fingerprint density at radius 1 is 1.07 bits per heavy atom. The molecule has 0 spiro atoms. The van der Waals surface area contributed by atoms with Crippen LogP contribution in [0.1, 0.15) is 23.0 Å². The number of para-hydroxylation sites is 2. The third-order valence-electron chi connectivity index (χ3n) is 5.16. The van der Waals surface area contributed by atoms with Crippen molar-refractivity contribution in [2.75, 3.05) is 37.7 Å². The molecule has 1 amide bonds. The number of anilines is 1. The van der Waals surface area contributed by atoms with Crippen molar-refractivity contribution in [3.63, 3.8) is 0 Å². The number of rotatable bonds is 5. The Kier molecular flexibility index (Phi) is 5.81. The highest BCUT2D eigenvalue weighted by Gasteiger charge is 2.25. The van der Waals surface area contributed by atoms with E-state index >= 15 is 0 Å². The largest absolute Gasteiger partial charge is 0.492 e. The van der Waals surface area contributed by atoms with Crippen LogP contribution >= 0.6 is 11.3 Å². The van der Waals surface area contributed by atoms with Gasteiger partial charge in [-0.3, -0.25) is 9.78 Å².